The molecule has 0 spiro atoms. The highest BCUT2D eigenvalue weighted by atomic mass is 32.2. The molecule has 8 heteroatoms. The highest BCUT2D eigenvalue weighted by Crippen LogP contribution is 2.27. The molecule has 1 saturated carbocycles. The van der Waals surface area contributed by atoms with Gasteiger partial charge in [-0.05, 0) is 44.4 Å². The van der Waals surface area contributed by atoms with Crippen LogP contribution in [0.4, 0.5) is 0 Å². The summed E-state index contributed by atoms with van der Waals surface area (Å²) < 4.78 is 3.58. The molecule has 0 radical (unpaired) electrons. The third kappa shape index (κ3) is 4.72. The molecule has 2 aromatic heterocycles. The van der Waals surface area contributed by atoms with Gasteiger partial charge in [-0.2, -0.15) is 0 Å². The summed E-state index contributed by atoms with van der Waals surface area (Å²) in [6.07, 6.45) is 5.80. The van der Waals surface area contributed by atoms with Gasteiger partial charge in [-0.1, -0.05) is 73.5 Å². The molecule has 0 saturated heterocycles. The molecule has 1 aliphatic rings. The molecule has 2 aromatic carbocycles. The van der Waals surface area contributed by atoms with Gasteiger partial charge in [0.25, 0.3) is 5.56 Å². The van der Waals surface area contributed by atoms with Gasteiger partial charge in [0.15, 0.2) is 5.16 Å². The number of thioether (sulfide) groups is 1. The second-order valence-corrected chi connectivity index (χ2v) is 10.4. The van der Waals surface area contributed by atoms with E-state index < -0.39 is 0 Å². The second-order valence-electron chi connectivity index (χ2n) is 9.49. The van der Waals surface area contributed by atoms with Crippen LogP contribution in [0.25, 0.3) is 16.7 Å². The fourth-order valence-electron chi connectivity index (χ4n) is 5.21. The number of nitrogens with zero attached hydrogens (tertiary/aromatic N) is 5. The van der Waals surface area contributed by atoms with Gasteiger partial charge in [0, 0.05) is 12.1 Å². The predicted octanol–water partition coefficient (Wildman–Crippen LogP) is 4.75. The predicted molar refractivity (Wildman–Crippen MR) is 140 cm³/mol. The van der Waals surface area contributed by atoms with Crippen LogP contribution < -0.4 is 5.56 Å². The quantitative estimate of drug-likeness (QED) is 0.350. The van der Waals surface area contributed by atoms with E-state index in [4.69, 9.17) is 0 Å². The zero-order chi connectivity index (χ0) is 24.4. The molecular weight excluding hydrogens is 458 g/mol. The number of fused-ring (bicyclic) bond motifs is 3. The number of hydrogen-bond acceptors (Lipinski definition) is 5. The van der Waals surface area contributed by atoms with E-state index in [1.54, 1.807) is 4.57 Å². The molecule has 182 valence electrons. The molecule has 35 heavy (non-hydrogen) atoms. The van der Waals surface area contributed by atoms with Crippen molar-refractivity contribution in [2.75, 3.05) is 5.75 Å². The van der Waals surface area contributed by atoms with Crippen LogP contribution in [-0.2, 0) is 11.3 Å². The van der Waals surface area contributed by atoms with Crippen molar-refractivity contribution in [2.45, 2.75) is 69.7 Å². The first-order chi connectivity index (χ1) is 17.0. The number of benzene rings is 2. The van der Waals surface area contributed by atoms with Crippen LogP contribution in [0.2, 0.25) is 0 Å². The van der Waals surface area contributed by atoms with Crippen LogP contribution in [-0.4, -0.2) is 47.8 Å². The van der Waals surface area contributed by atoms with Gasteiger partial charge in [0.1, 0.15) is 0 Å². The Kier molecular flexibility index (Phi) is 6.90. The molecule has 2 heterocycles. The van der Waals surface area contributed by atoms with Gasteiger partial charge in [-0.25, -0.2) is 0 Å². The highest BCUT2D eigenvalue weighted by molar-refractivity contribution is 7.99. The molecule has 0 bridgehead atoms. The number of carbonyl (C=O) groups excluding carboxylic acids is 1. The number of carbonyl (C=O) groups is 1. The first-order valence-corrected chi connectivity index (χ1v) is 13.4. The van der Waals surface area contributed by atoms with Crippen molar-refractivity contribution in [2.24, 2.45) is 0 Å². The lowest BCUT2D eigenvalue weighted by Crippen LogP contribution is -2.46. The van der Waals surface area contributed by atoms with Gasteiger partial charge >= 0.3 is 0 Å². The monoisotopic (exact) mass is 489 g/mol. The fraction of sp³-hybridized carbons (Fsp3) is 0.407. The summed E-state index contributed by atoms with van der Waals surface area (Å²) >= 11 is 1.39. The third-order valence-corrected chi connectivity index (χ3v) is 7.71. The normalized spacial score (nSPS) is 14.7. The Morgan fingerprint density at radius 1 is 1.03 bits per heavy atom. The number of aromatic nitrogens is 4. The van der Waals surface area contributed by atoms with Gasteiger partial charge < -0.3 is 4.90 Å². The zero-order valence-corrected chi connectivity index (χ0v) is 21.1. The molecule has 1 fully saturated rings. The van der Waals surface area contributed by atoms with Crippen molar-refractivity contribution in [1.82, 2.24) is 24.1 Å². The van der Waals surface area contributed by atoms with E-state index in [1.165, 1.54) is 31.0 Å². The summed E-state index contributed by atoms with van der Waals surface area (Å²) in [4.78, 5) is 28.8. The average molecular weight is 490 g/mol. The molecule has 0 unspecified atom stereocenters. The zero-order valence-electron chi connectivity index (χ0n) is 20.3. The molecule has 1 aliphatic carbocycles. The summed E-state index contributed by atoms with van der Waals surface area (Å²) in [5.74, 6) is 0.915. The molecule has 0 aliphatic heterocycles. The van der Waals surface area contributed by atoms with Crippen molar-refractivity contribution < 1.29 is 4.79 Å². The second kappa shape index (κ2) is 10.2. The summed E-state index contributed by atoms with van der Waals surface area (Å²) in [5.41, 5.74) is 1.67. The molecule has 7 nitrogen and oxygen atoms in total. The third-order valence-electron chi connectivity index (χ3n) is 6.80. The number of amides is 1. The van der Waals surface area contributed by atoms with Crippen molar-refractivity contribution in [3.8, 4) is 0 Å². The summed E-state index contributed by atoms with van der Waals surface area (Å²) in [6, 6.07) is 17.9. The Hall–Kier alpha value is -3.13. The largest absolute Gasteiger partial charge is 0.337 e. The van der Waals surface area contributed by atoms with E-state index in [0.717, 1.165) is 23.9 Å². The van der Waals surface area contributed by atoms with Crippen LogP contribution in [0.1, 0.15) is 51.5 Å². The lowest BCUT2D eigenvalue weighted by molar-refractivity contribution is -0.133. The Balaban J connectivity index is 1.49. The van der Waals surface area contributed by atoms with Crippen LogP contribution in [0, 0.1) is 0 Å². The van der Waals surface area contributed by atoms with Crippen LogP contribution in [0.3, 0.4) is 0 Å². The van der Waals surface area contributed by atoms with E-state index in [9.17, 15) is 9.59 Å². The minimum absolute atomic E-state index is 0.0970. The van der Waals surface area contributed by atoms with E-state index in [2.05, 4.69) is 28.9 Å². The highest BCUT2D eigenvalue weighted by Gasteiger charge is 2.28. The van der Waals surface area contributed by atoms with E-state index in [-0.39, 0.29) is 17.5 Å². The maximum atomic E-state index is 13.4. The lowest BCUT2D eigenvalue weighted by Gasteiger charge is -2.37. The molecule has 0 N–H and O–H groups in total. The van der Waals surface area contributed by atoms with Crippen LogP contribution in [0.15, 0.2) is 64.5 Å². The van der Waals surface area contributed by atoms with Gasteiger partial charge in [-0.15, -0.1) is 10.2 Å². The van der Waals surface area contributed by atoms with E-state index in [0.29, 0.717) is 34.7 Å². The standard InChI is InChI=1S/C27H31N5O2S/c1-19(2)31(21-13-7-4-8-14-21)24(33)18-35-27-29-28-26-30(17-20-11-5-3-6-12-20)25(34)22-15-9-10-16-23(22)32(26)27/h3,5-6,9-12,15-16,19,21H,4,7-8,13-14,17-18H2,1-2H3. The topological polar surface area (TPSA) is 72.5 Å². The maximum Gasteiger partial charge on any atom is 0.263 e. The number of rotatable bonds is 7. The van der Waals surface area contributed by atoms with Gasteiger partial charge in [-0.3, -0.25) is 18.6 Å². The molecular formula is C27H31N5O2S. The number of hydrogen-bond donors (Lipinski definition) is 0. The Morgan fingerprint density at radius 2 is 1.74 bits per heavy atom. The summed E-state index contributed by atoms with van der Waals surface area (Å²) in [6.45, 7) is 4.59. The van der Waals surface area contributed by atoms with Crippen LogP contribution in [0.5, 0.6) is 0 Å². The first-order valence-electron chi connectivity index (χ1n) is 12.4. The molecule has 5 rings (SSSR count). The van der Waals surface area contributed by atoms with Gasteiger partial charge in [0.2, 0.25) is 11.7 Å². The van der Waals surface area contributed by atoms with Crippen LogP contribution >= 0.6 is 11.8 Å². The van der Waals surface area contributed by atoms with Crippen molar-refractivity contribution in [1.29, 1.82) is 0 Å². The fourth-order valence-corrected chi connectivity index (χ4v) is 6.02. The Bertz CT molecular complexity index is 1390. The molecule has 1 amide bonds. The maximum absolute atomic E-state index is 13.4. The summed E-state index contributed by atoms with van der Waals surface area (Å²) in [5, 5.41) is 10.1. The van der Waals surface area contributed by atoms with Crippen molar-refractivity contribution in [3.05, 3.63) is 70.5 Å². The molecule has 0 atom stereocenters. The first kappa shape index (κ1) is 23.6. The number of para-hydroxylation sites is 1. The minimum Gasteiger partial charge on any atom is -0.337 e. The smallest absolute Gasteiger partial charge is 0.263 e. The van der Waals surface area contributed by atoms with Crippen molar-refractivity contribution >= 4 is 34.3 Å². The minimum atomic E-state index is -0.0970. The van der Waals surface area contributed by atoms with Gasteiger partial charge in [0.05, 0.1) is 23.2 Å². The Labute approximate surface area is 209 Å². The molecule has 4 aromatic rings. The van der Waals surface area contributed by atoms with Crippen molar-refractivity contribution in [3.63, 3.8) is 0 Å². The van der Waals surface area contributed by atoms with E-state index in [1.807, 2.05) is 59.0 Å². The average Bonchev–Trinajstić information content (AvgIpc) is 3.30. The summed E-state index contributed by atoms with van der Waals surface area (Å²) in [7, 11) is 0. The lowest BCUT2D eigenvalue weighted by atomic mass is 9.93. The Morgan fingerprint density at radius 3 is 2.49 bits per heavy atom. The SMILES string of the molecule is CC(C)N(C(=O)CSc1nnc2n(Cc3ccccc3)c(=O)c3ccccc3n12)C1CCCCC1. The van der Waals surface area contributed by atoms with E-state index >= 15 is 0 Å².